The highest BCUT2D eigenvalue weighted by Gasteiger charge is 2.32. The quantitative estimate of drug-likeness (QED) is 0.764. The number of nitrogens with zero attached hydrogens (tertiary/aromatic N) is 1. The topological polar surface area (TPSA) is 38.5 Å². The van der Waals surface area contributed by atoms with Gasteiger partial charge in [0.15, 0.2) is 0 Å². The Labute approximate surface area is 156 Å². The van der Waals surface area contributed by atoms with Crippen LogP contribution in [0.1, 0.15) is 17.0 Å². The molecule has 0 unspecified atom stereocenters. The predicted molar refractivity (Wildman–Crippen MR) is 106 cm³/mol. The van der Waals surface area contributed by atoms with Gasteiger partial charge in [-0.15, -0.1) is 12.4 Å². The van der Waals surface area contributed by atoms with Crippen LogP contribution in [-0.2, 0) is 6.54 Å². The van der Waals surface area contributed by atoms with E-state index in [0.29, 0.717) is 18.4 Å². The van der Waals surface area contributed by atoms with Crippen molar-refractivity contribution in [1.82, 2.24) is 4.90 Å². The molecule has 0 saturated carbocycles. The molecule has 0 radical (unpaired) electrons. The number of nitrogens with two attached hydrogens (primary N) is 1. The third-order valence-electron chi connectivity index (χ3n) is 4.77. The number of halogens is 1. The Kier molecular flexibility index (Phi) is 7.51. The van der Waals surface area contributed by atoms with E-state index in [1.807, 2.05) is 12.1 Å². The highest BCUT2D eigenvalue weighted by atomic mass is 35.5. The predicted octanol–water partition coefficient (Wildman–Crippen LogP) is 3.85. The molecule has 3 nitrogen and oxygen atoms in total. The van der Waals surface area contributed by atoms with Crippen molar-refractivity contribution in [1.29, 1.82) is 0 Å². The van der Waals surface area contributed by atoms with Crippen molar-refractivity contribution >= 4 is 12.4 Å². The van der Waals surface area contributed by atoms with E-state index in [0.717, 1.165) is 31.9 Å². The molecule has 2 aromatic carbocycles. The number of benzene rings is 2. The first-order valence-corrected chi connectivity index (χ1v) is 8.60. The lowest BCUT2D eigenvalue weighted by molar-refractivity contribution is 0.302. The molecule has 1 fully saturated rings. The van der Waals surface area contributed by atoms with E-state index in [2.05, 4.69) is 53.9 Å². The molecule has 1 heterocycles. The van der Waals surface area contributed by atoms with Gasteiger partial charge in [0.05, 0.1) is 0 Å². The molecule has 25 heavy (non-hydrogen) atoms. The maximum absolute atomic E-state index is 6.05. The van der Waals surface area contributed by atoms with Crippen LogP contribution >= 0.6 is 12.4 Å². The highest BCUT2D eigenvalue weighted by Crippen LogP contribution is 2.33. The van der Waals surface area contributed by atoms with Crippen molar-refractivity contribution in [2.24, 2.45) is 11.7 Å². The summed E-state index contributed by atoms with van der Waals surface area (Å²) in [5.74, 6) is 1.97. The number of likely N-dealkylation sites (tertiary alicyclic amines) is 1. The van der Waals surface area contributed by atoms with Gasteiger partial charge in [-0.1, -0.05) is 61.2 Å². The summed E-state index contributed by atoms with van der Waals surface area (Å²) >= 11 is 0. The van der Waals surface area contributed by atoms with Gasteiger partial charge in [-0.2, -0.15) is 0 Å². The molecule has 3 rings (SSSR count). The molecule has 0 aliphatic carbocycles. The van der Waals surface area contributed by atoms with Crippen molar-refractivity contribution in [2.45, 2.75) is 12.5 Å². The second kappa shape index (κ2) is 9.62. The van der Waals surface area contributed by atoms with Crippen LogP contribution in [0.3, 0.4) is 0 Å². The summed E-state index contributed by atoms with van der Waals surface area (Å²) in [6, 6.07) is 19.0. The smallest absolute Gasteiger partial charge is 0.124 e. The Morgan fingerprint density at radius 2 is 1.80 bits per heavy atom. The third-order valence-corrected chi connectivity index (χ3v) is 4.77. The van der Waals surface area contributed by atoms with E-state index in [1.54, 1.807) is 6.08 Å². The van der Waals surface area contributed by atoms with Crippen LogP contribution in [0.15, 0.2) is 67.3 Å². The zero-order chi connectivity index (χ0) is 16.8. The van der Waals surface area contributed by atoms with Gasteiger partial charge in [0, 0.05) is 31.1 Å². The summed E-state index contributed by atoms with van der Waals surface area (Å²) < 4.78 is 5.79. The highest BCUT2D eigenvalue weighted by molar-refractivity contribution is 5.85. The minimum Gasteiger partial charge on any atom is -0.489 e. The van der Waals surface area contributed by atoms with Gasteiger partial charge in [0.25, 0.3) is 0 Å². The Hall–Kier alpha value is -1.81. The number of hydrogen-bond acceptors (Lipinski definition) is 3. The zero-order valence-electron chi connectivity index (χ0n) is 14.5. The summed E-state index contributed by atoms with van der Waals surface area (Å²) in [6.07, 6.45) is 1.78. The van der Waals surface area contributed by atoms with Gasteiger partial charge >= 0.3 is 0 Å². The molecule has 1 aliphatic heterocycles. The van der Waals surface area contributed by atoms with E-state index in [1.165, 1.54) is 11.1 Å². The monoisotopic (exact) mass is 358 g/mol. The lowest BCUT2D eigenvalue weighted by atomic mass is 9.89. The number of para-hydroxylation sites is 1. The molecule has 1 saturated heterocycles. The molecule has 4 heteroatoms. The second-order valence-corrected chi connectivity index (χ2v) is 6.41. The van der Waals surface area contributed by atoms with E-state index in [9.17, 15) is 0 Å². The number of ether oxygens (including phenoxy) is 1. The van der Waals surface area contributed by atoms with Gasteiger partial charge in [0.2, 0.25) is 0 Å². The van der Waals surface area contributed by atoms with Gasteiger partial charge in [-0.25, -0.2) is 0 Å². The third kappa shape index (κ3) is 4.85. The largest absolute Gasteiger partial charge is 0.489 e. The Bertz CT molecular complexity index is 662. The van der Waals surface area contributed by atoms with Crippen molar-refractivity contribution in [2.75, 3.05) is 26.2 Å². The van der Waals surface area contributed by atoms with Crippen LogP contribution < -0.4 is 10.5 Å². The van der Waals surface area contributed by atoms with Gasteiger partial charge < -0.3 is 10.5 Å². The molecule has 1 aliphatic rings. The van der Waals surface area contributed by atoms with E-state index < -0.39 is 0 Å². The summed E-state index contributed by atoms with van der Waals surface area (Å²) in [5.41, 5.74) is 8.67. The SMILES string of the molecule is C=CCOc1ccccc1CN1C[C@@H](CN)[C@H](c2ccccc2)C1.Cl. The molecule has 2 N–H and O–H groups in total. The summed E-state index contributed by atoms with van der Waals surface area (Å²) in [5, 5.41) is 0. The van der Waals surface area contributed by atoms with Crippen LogP contribution in [0.5, 0.6) is 5.75 Å². The van der Waals surface area contributed by atoms with Crippen molar-refractivity contribution in [3.8, 4) is 5.75 Å². The summed E-state index contributed by atoms with van der Waals surface area (Å²) in [6.45, 7) is 7.96. The molecule has 0 amide bonds. The molecule has 0 aromatic heterocycles. The molecule has 0 spiro atoms. The molecular formula is C21H27ClN2O. The Morgan fingerprint density at radius 3 is 2.52 bits per heavy atom. The van der Waals surface area contributed by atoms with Crippen molar-refractivity contribution in [3.05, 3.63) is 78.4 Å². The molecular weight excluding hydrogens is 332 g/mol. The van der Waals surface area contributed by atoms with Crippen LogP contribution in [0, 0.1) is 5.92 Å². The number of rotatable bonds is 7. The average Bonchev–Trinajstić information content (AvgIpc) is 3.04. The van der Waals surface area contributed by atoms with Crippen molar-refractivity contribution in [3.63, 3.8) is 0 Å². The van der Waals surface area contributed by atoms with Crippen LogP contribution in [0.2, 0.25) is 0 Å². The van der Waals surface area contributed by atoms with E-state index >= 15 is 0 Å². The molecule has 2 atom stereocenters. The lowest BCUT2D eigenvalue weighted by Gasteiger charge is -2.18. The Morgan fingerprint density at radius 1 is 1.08 bits per heavy atom. The maximum atomic E-state index is 6.05. The van der Waals surface area contributed by atoms with Gasteiger partial charge in [-0.05, 0) is 24.1 Å². The first-order chi connectivity index (χ1) is 11.8. The first-order valence-electron chi connectivity index (χ1n) is 8.60. The summed E-state index contributed by atoms with van der Waals surface area (Å²) in [4.78, 5) is 2.49. The number of hydrogen-bond donors (Lipinski definition) is 1. The Balaban J connectivity index is 0.00000225. The molecule has 134 valence electrons. The fourth-order valence-corrected chi connectivity index (χ4v) is 3.57. The zero-order valence-corrected chi connectivity index (χ0v) is 15.3. The van der Waals surface area contributed by atoms with Gasteiger partial charge in [-0.3, -0.25) is 4.90 Å². The normalized spacial score (nSPS) is 20.0. The van der Waals surface area contributed by atoms with Crippen molar-refractivity contribution < 1.29 is 4.74 Å². The minimum absolute atomic E-state index is 0. The lowest BCUT2D eigenvalue weighted by Crippen LogP contribution is -2.23. The first kappa shape index (κ1) is 19.5. The van der Waals surface area contributed by atoms with Crippen LogP contribution in [-0.4, -0.2) is 31.1 Å². The van der Waals surface area contributed by atoms with Crippen LogP contribution in [0.25, 0.3) is 0 Å². The van der Waals surface area contributed by atoms with Gasteiger partial charge in [0.1, 0.15) is 12.4 Å². The summed E-state index contributed by atoms with van der Waals surface area (Å²) in [7, 11) is 0. The standard InChI is InChI=1S/C21H26N2O.ClH/c1-2-12-24-21-11-7-6-10-18(21)14-23-15-19(13-22)20(16-23)17-8-4-3-5-9-17;/h2-11,19-20H,1,12-16,22H2;1H/t19-,20+;/m1./s1. The fraction of sp³-hybridized carbons (Fsp3) is 0.333. The molecule has 0 bridgehead atoms. The molecule has 2 aromatic rings. The fourth-order valence-electron chi connectivity index (χ4n) is 3.57. The maximum Gasteiger partial charge on any atom is 0.124 e. The van der Waals surface area contributed by atoms with E-state index in [4.69, 9.17) is 10.5 Å². The van der Waals surface area contributed by atoms with Crippen LogP contribution in [0.4, 0.5) is 0 Å². The second-order valence-electron chi connectivity index (χ2n) is 6.41. The average molecular weight is 359 g/mol. The minimum atomic E-state index is 0. The van der Waals surface area contributed by atoms with E-state index in [-0.39, 0.29) is 12.4 Å².